The lowest BCUT2D eigenvalue weighted by Crippen LogP contribution is -1.97. The maximum Gasteiger partial charge on any atom is 0.264 e. The monoisotopic (exact) mass is 372 g/mol. The van der Waals surface area contributed by atoms with Gasteiger partial charge >= 0.3 is 0 Å². The van der Waals surface area contributed by atoms with E-state index in [9.17, 15) is 0 Å². The van der Waals surface area contributed by atoms with Gasteiger partial charge in [0, 0.05) is 5.56 Å². The van der Waals surface area contributed by atoms with Gasteiger partial charge in [-0.3, -0.25) is 0 Å². The van der Waals surface area contributed by atoms with Crippen molar-refractivity contribution in [1.29, 1.82) is 0 Å². The lowest BCUT2D eigenvalue weighted by Gasteiger charge is -2.07. The van der Waals surface area contributed by atoms with E-state index >= 15 is 0 Å². The molecule has 0 aliphatic carbocycles. The summed E-state index contributed by atoms with van der Waals surface area (Å²) < 4.78 is 16.8. The van der Waals surface area contributed by atoms with Crippen molar-refractivity contribution in [3.8, 4) is 22.9 Å². The molecular formula is C23H20N2O3. The van der Waals surface area contributed by atoms with Crippen LogP contribution in [0.25, 0.3) is 11.4 Å². The minimum absolute atomic E-state index is 0.211. The Bertz CT molecular complexity index is 1030. The largest absolute Gasteiger partial charge is 0.489 e. The summed E-state index contributed by atoms with van der Waals surface area (Å²) in [6.45, 7) is 2.76. The van der Waals surface area contributed by atoms with Gasteiger partial charge in [0.05, 0.1) is 0 Å². The molecule has 5 nitrogen and oxygen atoms in total. The van der Waals surface area contributed by atoms with Crippen LogP contribution in [0.2, 0.25) is 0 Å². The van der Waals surface area contributed by atoms with Crippen LogP contribution >= 0.6 is 0 Å². The third kappa shape index (κ3) is 4.38. The number of aromatic nitrogens is 2. The second-order valence-corrected chi connectivity index (χ2v) is 6.36. The summed E-state index contributed by atoms with van der Waals surface area (Å²) >= 11 is 0. The van der Waals surface area contributed by atoms with Crippen molar-refractivity contribution in [1.82, 2.24) is 10.1 Å². The van der Waals surface area contributed by atoms with Gasteiger partial charge < -0.3 is 14.0 Å². The van der Waals surface area contributed by atoms with Crippen molar-refractivity contribution in [3.63, 3.8) is 0 Å². The van der Waals surface area contributed by atoms with E-state index in [0.717, 1.165) is 22.4 Å². The Morgan fingerprint density at radius 3 is 2.11 bits per heavy atom. The minimum Gasteiger partial charge on any atom is -0.489 e. The highest BCUT2D eigenvalue weighted by Gasteiger charge is 2.11. The van der Waals surface area contributed by atoms with Crippen molar-refractivity contribution in [2.75, 3.05) is 0 Å². The first kappa shape index (κ1) is 17.8. The number of aryl methyl sites for hydroxylation is 1. The zero-order chi connectivity index (χ0) is 19.2. The fourth-order valence-electron chi connectivity index (χ4n) is 2.76. The molecule has 4 aromatic rings. The number of nitrogens with zero attached hydrogens (tertiary/aromatic N) is 2. The molecule has 0 bridgehead atoms. The Morgan fingerprint density at radius 1 is 0.750 bits per heavy atom. The molecule has 0 atom stereocenters. The average Bonchev–Trinajstić information content (AvgIpc) is 3.21. The van der Waals surface area contributed by atoms with Crippen molar-refractivity contribution >= 4 is 0 Å². The summed E-state index contributed by atoms with van der Waals surface area (Å²) in [6, 6.07) is 25.5. The second kappa shape index (κ2) is 8.39. The number of benzene rings is 3. The molecular weight excluding hydrogens is 352 g/mol. The van der Waals surface area contributed by atoms with Gasteiger partial charge in [-0.2, -0.15) is 4.98 Å². The summed E-state index contributed by atoms with van der Waals surface area (Å²) in [5.41, 5.74) is 3.18. The van der Waals surface area contributed by atoms with E-state index in [4.69, 9.17) is 14.0 Å². The van der Waals surface area contributed by atoms with E-state index in [2.05, 4.69) is 10.1 Å². The predicted octanol–water partition coefficient (Wildman–Crippen LogP) is 5.20. The molecule has 0 radical (unpaired) electrons. The Hall–Kier alpha value is -3.60. The molecule has 28 heavy (non-hydrogen) atoms. The molecule has 0 aliphatic rings. The lowest BCUT2D eigenvalue weighted by atomic mass is 10.1. The summed E-state index contributed by atoms with van der Waals surface area (Å²) in [6.07, 6.45) is 0. The van der Waals surface area contributed by atoms with Crippen LogP contribution in [0.4, 0.5) is 0 Å². The second-order valence-electron chi connectivity index (χ2n) is 6.36. The van der Waals surface area contributed by atoms with E-state index in [1.807, 2.05) is 85.8 Å². The van der Waals surface area contributed by atoms with Gasteiger partial charge in [-0.25, -0.2) is 0 Å². The standard InChI is InChI=1S/C23H20N2O3/c1-17-7-5-6-10-21(17)23-24-22(28-25-23)16-27-20-13-11-19(12-14-20)26-15-18-8-3-2-4-9-18/h2-14H,15-16H2,1H3. The minimum atomic E-state index is 0.211. The van der Waals surface area contributed by atoms with Crippen LogP contribution in [-0.4, -0.2) is 10.1 Å². The Balaban J connectivity index is 1.32. The van der Waals surface area contributed by atoms with Gasteiger partial charge in [0.2, 0.25) is 5.82 Å². The lowest BCUT2D eigenvalue weighted by molar-refractivity contribution is 0.242. The van der Waals surface area contributed by atoms with E-state index in [0.29, 0.717) is 24.1 Å². The predicted molar refractivity (Wildman–Crippen MR) is 106 cm³/mol. The van der Waals surface area contributed by atoms with Gasteiger partial charge in [0.15, 0.2) is 6.61 Å². The molecule has 0 saturated carbocycles. The molecule has 5 heteroatoms. The zero-order valence-corrected chi connectivity index (χ0v) is 15.5. The highest BCUT2D eigenvalue weighted by molar-refractivity contribution is 5.58. The van der Waals surface area contributed by atoms with Gasteiger partial charge in [0.25, 0.3) is 5.89 Å². The average molecular weight is 372 g/mol. The van der Waals surface area contributed by atoms with Crippen LogP contribution in [0.1, 0.15) is 17.0 Å². The van der Waals surface area contributed by atoms with Crippen LogP contribution in [-0.2, 0) is 13.2 Å². The number of rotatable bonds is 7. The molecule has 1 heterocycles. The molecule has 0 N–H and O–H groups in total. The van der Waals surface area contributed by atoms with Crippen LogP contribution in [0.15, 0.2) is 83.4 Å². The molecule has 0 saturated heterocycles. The molecule has 1 aromatic heterocycles. The number of ether oxygens (including phenoxy) is 2. The summed E-state index contributed by atoms with van der Waals surface area (Å²) in [5.74, 6) is 2.50. The third-order valence-corrected chi connectivity index (χ3v) is 4.29. The highest BCUT2D eigenvalue weighted by atomic mass is 16.5. The third-order valence-electron chi connectivity index (χ3n) is 4.29. The van der Waals surface area contributed by atoms with Crippen molar-refractivity contribution in [3.05, 3.63) is 95.9 Å². The number of hydrogen-bond acceptors (Lipinski definition) is 5. The maximum absolute atomic E-state index is 5.78. The molecule has 4 rings (SSSR count). The van der Waals surface area contributed by atoms with Gasteiger partial charge in [-0.15, -0.1) is 0 Å². The fourth-order valence-corrected chi connectivity index (χ4v) is 2.76. The Morgan fingerprint density at radius 2 is 1.39 bits per heavy atom. The SMILES string of the molecule is Cc1ccccc1-c1noc(COc2ccc(OCc3ccccc3)cc2)n1. The smallest absolute Gasteiger partial charge is 0.264 e. The number of hydrogen-bond donors (Lipinski definition) is 0. The molecule has 0 amide bonds. The van der Waals surface area contributed by atoms with E-state index in [-0.39, 0.29) is 6.61 Å². The molecule has 0 unspecified atom stereocenters. The van der Waals surface area contributed by atoms with Crippen LogP contribution in [0.5, 0.6) is 11.5 Å². The molecule has 0 aliphatic heterocycles. The summed E-state index contributed by atoms with van der Waals surface area (Å²) in [4.78, 5) is 4.41. The van der Waals surface area contributed by atoms with Crippen LogP contribution in [0, 0.1) is 6.92 Å². The Kier molecular flexibility index (Phi) is 5.33. The van der Waals surface area contributed by atoms with E-state index in [1.165, 1.54) is 0 Å². The fraction of sp³-hybridized carbons (Fsp3) is 0.130. The van der Waals surface area contributed by atoms with Crippen molar-refractivity contribution in [2.45, 2.75) is 20.1 Å². The Labute approximate surface area is 163 Å². The molecule has 3 aromatic carbocycles. The highest BCUT2D eigenvalue weighted by Crippen LogP contribution is 2.22. The first-order valence-electron chi connectivity index (χ1n) is 9.06. The zero-order valence-electron chi connectivity index (χ0n) is 15.5. The van der Waals surface area contributed by atoms with Gasteiger partial charge in [0.1, 0.15) is 18.1 Å². The first-order valence-corrected chi connectivity index (χ1v) is 9.06. The van der Waals surface area contributed by atoms with Gasteiger partial charge in [-0.05, 0) is 42.3 Å². The first-order chi connectivity index (χ1) is 13.8. The molecule has 0 fully saturated rings. The topological polar surface area (TPSA) is 57.4 Å². The summed E-state index contributed by atoms with van der Waals surface area (Å²) in [7, 11) is 0. The van der Waals surface area contributed by atoms with E-state index < -0.39 is 0 Å². The quantitative estimate of drug-likeness (QED) is 0.446. The van der Waals surface area contributed by atoms with Crippen molar-refractivity contribution in [2.24, 2.45) is 0 Å². The van der Waals surface area contributed by atoms with Crippen LogP contribution in [0.3, 0.4) is 0 Å². The summed E-state index contributed by atoms with van der Waals surface area (Å²) in [5, 5.41) is 4.04. The molecule has 0 spiro atoms. The van der Waals surface area contributed by atoms with Gasteiger partial charge in [-0.1, -0.05) is 59.8 Å². The van der Waals surface area contributed by atoms with Crippen molar-refractivity contribution < 1.29 is 14.0 Å². The molecule has 140 valence electrons. The normalized spacial score (nSPS) is 10.6. The van der Waals surface area contributed by atoms with Crippen LogP contribution < -0.4 is 9.47 Å². The van der Waals surface area contributed by atoms with E-state index in [1.54, 1.807) is 0 Å². The maximum atomic E-state index is 5.78.